The molecule has 0 fully saturated rings. The van der Waals surface area contributed by atoms with Crippen molar-refractivity contribution in [2.45, 2.75) is 45.4 Å². The third-order valence-corrected chi connectivity index (χ3v) is 4.44. The molecule has 0 saturated heterocycles. The normalized spacial score (nSPS) is 13.9. The number of ether oxygens (including phenoxy) is 1. The van der Waals surface area contributed by atoms with E-state index in [-0.39, 0.29) is 6.61 Å². The molecule has 0 aliphatic rings. The van der Waals surface area contributed by atoms with E-state index in [1.807, 2.05) is 53.1 Å². The van der Waals surface area contributed by atoms with Crippen molar-refractivity contribution in [1.82, 2.24) is 9.55 Å². The molecule has 2 aromatic carbocycles. The van der Waals surface area contributed by atoms with Gasteiger partial charge in [-0.15, -0.1) is 0 Å². The van der Waals surface area contributed by atoms with Crippen LogP contribution in [0.5, 0.6) is 5.75 Å². The van der Waals surface area contributed by atoms with Gasteiger partial charge in [-0.1, -0.05) is 38.1 Å². The lowest BCUT2D eigenvalue weighted by atomic mass is 10.0. The molecule has 0 unspecified atom stereocenters. The van der Waals surface area contributed by atoms with Gasteiger partial charge in [0.15, 0.2) is 0 Å². The Labute approximate surface area is 153 Å². The SMILES string of the molecule is CC(C)c1ccc(OC[C@@H](O)Cn2c([C@H](C)O)nc3ccccc32)cc1. The zero-order valence-electron chi connectivity index (χ0n) is 15.5. The number of benzene rings is 2. The molecule has 1 heterocycles. The maximum atomic E-state index is 10.4. The molecular formula is C21H26N2O3. The van der Waals surface area contributed by atoms with Crippen LogP contribution in [-0.4, -0.2) is 32.5 Å². The molecule has 3 rings (SSSR count). The summed E-state index contributed by atoms with van der Waals surface area (Å²) in [4.78, 5) is 4.47. The van der Waals surface area contributed by atoms with Gasteiger partial charge in [-0.3, -0.25) is 0 Å². The minimum atomic E-state index is -0.713. The molecule has 2 atom stereocenters. The van der Waals surface area contributed by atoms with Crippen LogP contribution >= 0.6 is 0 Å². The van der Waals surface area contributed by atoms with Crippen LogP contribution in [-0.2, 0) is 6.54 Å². The van der Waals surface area contributed by atoms with Gasteiger partial charge >= 0.3 is 0 Å². The minimum absolute atomic E-state index is 0.173. The Bertz CT molecular complexity index is 853. The Balaban J connectivity index is 1.69. The van der Waals surface area contributed by atoms with Crippen LogP contribution in [0, 0.1) is 0 Å². The second kappa shape index (κ2) is 7.89. The summed E-state index contributed by atoms with van der Waals surface area (Å²) in [6.07, 6.45) is -1.42. The predicted molar refractivity (Wildman–Crippen MR) is 102 cm³/mol. The van der Waals surface area contributed by atoms with Crippen LogP contribution in [0.4, 0.5) is 0 Å². The largest absolute Gasteiger partial charge is 0.491 e. The number of hydrogen-bond acceptors (Lipinski definition) is 4. The van der Waals surface area contributed by atoms with Crippen molar-refractivity contribution < 1.29 is 14.9 Å². The first-order valence-electron chi connectivity index (χ1n) is 8.99. The van der Waals surface area contributed by atoms with E-state index >= 15 is 0 Å². The summed E-state index contributed by atoms with van der Waals surface area (Å²) in [6, 6.07) is 15.6. The van der Waals surface area contributed by atoms with E-state index in [4.69, 9.17) is 4.74 Å². The number of fused-ring (bicyclic) bond motifs is 1. The van der Waals surface area contributed by atoms with Crippen LogP contribution in [0.2, 0.25) is 0 Å². The highest BCUT2D eigenvalue weighted by Crippen LogP contribution is 2.22. The summed E-state index contributed by atoms with van der Waals surface area (Å²) in [5.74, 6) is 1.76. The second-order valence-electron chi connectivity index (χ2n) is 6.93. The molecule has 3 aromatic rings. The van der Waals surface area contributed by atoms with Gasteiger partial charge in [-0.2, -0.15) is 0 Å². The fourth-order valence-corrected chi connectivity index (χ4v) is 3.01. The Morgan fingerprint density at radius 2 is 1.69 bits per heavy atom. The maximum absolute atomic E-state index is 10.4. The highest BCUT2D eigenvalue weighted by atomic mass is 16.5. The molecule has 5 heteroatoms. The van der Waals surface area contributed by atoms with Crippen molar-refractivity contribution in [2.24, 2.45) is 0 Å². The average Bonchev–Trinajstić information content (AvgIpc) is 2.99. The quantitative estimate of drug-likeness (QED) is 0.680. The highest BCUT2D eigenvalue weighted by molar-refractivity contribution is 5.76. The van der Waals surface area contributed by atoms with Crippen LogP contribution < -0.4 is 4.74 Å². The highest BCUT2D eigenvalue weighted by Gasteiger charge is 2.17. The number of aliphatic hydroxyl groups is 2. The number of imidazole rings is 1. The average molecular weight is 354 g/mol. The predicted octanol–water partition coefficient (Wildman–Crippen LogP) is 3.65. The van der Waals surface area contributed by atoms with Crippen molar-refractivity contribution >= 4 is 11.0 Å². The zero-order valence-corrected chi connectivity index (χ0v) is 15.5. The van der Waals surface area contributed by atoms with Gasteiger partial charge in [0.1, 0.15) is 30.4 Å². The molecule has 0 aliphatic carbocycles. The van der Waals surface area contributed by atoms with Gasteiger partial charge in [0.2, 0.25) is 0 Å². The number of rotatable bonds is 7. The smallest absolute Gasteiger partial charge is 0.138 e. The Morgan fingerprint density at radius 3 is 2.35 bits per heavy atom. The molecule has 0 bridgehead atoms. The first-order valence-corrected chi connectivity index (χ1v) is 8.99. The van der Waals surface area contributed by atoms with Crippen molar-refractivity contribution in [2.75, 3.05) is 6.61 Å². The summed E-state index contributed by atoms with van der Waals surface area (Å²) in [5, 5.41) is 20.4. The Kier molecular flexibility index (Phi) is 5.59. The lowest BCUT2D eigenvalue weighted by Gasteiger charge is -2.17. The number of para-hydroxylation sites is 2. The van der Waals surface area contributed by atoms with Gasteiger partial charge in [0.25, 0.3) is 0 Å². The minimum Gasteiger partial charge on any atom is -0.491 e. The second-order valence-corrected chi connectivity index (χ2v) is 6.93. The third kappa shape index (κ3) is 4.06. The van der Waals surface area contributed by atoms with Crippen LogP contribution in [0.1, 0.15) is 44.2 Å². The van der Waals surface area contributed by atoms with Crippen LogP contribution in [0.25, 0.3) is 11.0 Å². The van der Waals surface area contributed by atoms with Crippen molar-refractivity contribution in [3.05, 3.63) is 59.9 Å². The molecule has 5 nitrogen and oxygen atoms in total. The summed E-state index contributed by atoms with van der Waals surface area (Å²) < 4.78 is 7.57. The first-order chi connectivity index (χ1) is 12.5. The summed E-state index contributed by atoms with van der Waals surface area (Å²) >= 11 is 0. The molecular weight excluding hydrogens is 328 g/mol. The lowest BCUT2D eigenvalue weighted by Crippen LogP contribution is -2.25. The van der Waals surface area contributed by atoms with Gasteiger partial charge in [0, 0.05) is 0 Å². The first kappa shape index (κ1) is 18.4. The topological polar surface area (TPSA) is 67.5 Å². The van der Waals surface area contributed by atoms with E-state index in [0.29, 0.717) is 18.3 Å². The molecule has 138 valence electrons. The molecule has 26 heavy (non-hydrogen) atoms. The Hall–Kier alpha value is -2.37. The zero-order chi connectivity index (χ0) is 18.7. The summed E-state index contributed by atoms with van der Waals surface area (Å²) in [7, 11) is 0. The summed E-state index contributed by atoms with van der Waals surface area (Å²) in [6.45, 7) is 6.46. The van der Waals surface area contributed by atoms with E-state index in [9.17, 15) is 10.2 Å². The summed E-state index contributed by atoms with van der Waals surface area (Å²) in [5.41, 5.74) is 2.95. The fourth-order valence-electron chi connectivity index (χ4n) is 3.01. The van der Waals surface area contributed by atoms with E-state index < -0.39 is 12.2 Å². The lowest BCUT2D eigenvalue weighted by molar-refractivity contribution is 0.0895. The van der Waals surface area contributed by atoms with E-state index in [2.05, 4.69) is 18.8 Å². The monoisotopic (exact) mass is 354 g/mol. The third-order valence-electron chi connectivity index (χ3n) is 4.44. The van der Waals surface area contributed by atoms with Gasteiger partial charge in [-0.05, 0) is 42.7 Å². The van der Waals surface area contributed by atoms with Gasteiger partial charge in [0.05, 0.1) is 17.6 Å². The number of aromatic nitrogens is 2. The molecule has 0 amide bonds. The van der Waals surface area contributed by atoms with Crippen LogP contribution in [0.15, 0.2) is 48.5 Å². The van der Waals surface area contributed by atoms with Crippen molar-refractivity contribution in [3.8, 4) is 5.75 Å². The standard InChI is InChI=1S/C21H26N2O3/c1-14(2)16-8-10-18(11-9-16)26-13-17(25)12-23-20-7-5-4-6-19(20)22-21(23)15(3)24/h4-11,14-15,17,24-25H,12-13H2,1-3H3/t15-,17-/m0/s1. The molecule has 0 saturated carbocycles. The molecule has 1 aromatic heterocycles. The Morgan fingerprint density at radius 1 is 1.00 bits per heavy atom. The molecule has 0 aliphatic heterocycles. The number of hydrogen-bond donors (Lipinski definition) is 2. The van der Waals surface area contributed by atoms with E-state index in [0.717, 1.165) is 16.8 Å². The maximum Gasteiger partial charge on any atom is 0.138 e. The van der Waals surface area contributed by atoms with Crippen LogP contribution in [0.3, 0.4) is 0 Å². The van der Waals surface area contributed by atoms with Crippen molar-refractivity contribution in [3.63, 3.8) is 0 Å². The van der Waals surface area contributed by atoms with Gasteiger partial charge < -0.3 is 19.5 Å². The van der Waals surface area contributed by atoms with Gasteiger partial charge in [-0.25, -0.2) is 4.98 Å². The molecule has 0 radical (unpaired) electrons. The van der Waals surface area contributed by atoms with Crippen molar-refractivity contribution in [1.29, 1.82) is 0 Å². The molecule has 2 N–H and O–H groups in total. The van der Waals surface area contributed by atoms with E-state index in [1.54, 1.807) is 6.92 Å². The fraction of sp³-hybridized carbons (Fsp3) is 0.381. The van der Waals surface area contributed by atoms with E-state index in [1.165, 1.54) is 5.56 Å². The number of aliphatic hydroxyl groups excluding tert-OH is 2. The number of nitrogens with zero attached hydrogens (tertiary/aromatic N) is 2. The molecule has 0 spiro atoms.